The Morgan fingerprint density at radius 2 is 1.65 bits per heavy atom. The molecule has 172 valence electrons. The van der Waals surface area contributed by atoms with Gasteiger partial charge in [0.25, 0.3) is 5.91 Å². The molecule has 4 rings (SSSR count). The number of nitrogens with one attached hydrogen (secondary N) is 1. The standard InChI is InChI=1S/C28H27N3O3/c1-18-10-12-23(13-11-18)31-20(3)28(21(4)32)25-16-24(14-15-26(25)31)34-17-27(33)30-29-19(2)22-8-6-5-7-9-22/h5-16H,17H2,1-4H3,(H,30,33)/b29-19+. The molecule has 4 aromatic rings. The van der Waals surface area contributed by atoms with E-state index in [4.69, 9.17) is 4.74 Å². The van der Waals surface area contributed by atoms with Crippen LogP contribution in [-0.4, -0.2) is 28.6 Å². The number of fused-ring (bicyclic) bond motifs is 1. The fraction of sp³-hybridized carbons (Fsp3) is 0.179. The maximum Gasteiger partial charge on any atom is 0.277 e. The first-order valence-electron chi connectivity index (χ1n) is 11.1. The first-order valence-corrected chi connectivity index (χ1v) is 11.1. The summed E-state index contributed by atoms with van der Waals surface area (Å²) in [5.41, 5.74) is 8.73. The number of aromatic nitrogens is 1. The van der Waals surface area contributed by atoms with E-state index >= 15 is 0 Å². The van der Waals surface area contributed by atoms with E-state index in [1.165, 1.54) is 5.56 Å². The second-order valence-corrected chi connectivity index (χ2v) is 8.25. The topological polar surface area (TPSA) is 72.7 Å². The first kappa shape index (κ1) is 23.0. The lowest BCUT2D eigenvalue weighted by molar-refractivity contribution is -0.123. The van der Waals surface area contributed by atoms with Gasteiger partial charge in [-0.15, -0.1) is 0 Å². The molecule has 1 N–H and O–H groups in total. The van der Waals surface area contributed by atoms with Crippen molar-refractivity contribution in [1.29, 1.82) is 0 Å². The van der Waals surface area contributed by atoms with E-state index in [0.29, 0.717) is 17.0 Å². The lowest BCUT2D eigenvalue weighted by Gasteiger charge is -2.10. The molecule has 6 heteroatoms. The molecule has 34 heavy (non-hydrogen) atoms. The number of hydrogen-bond acceptors (Lipinski definition) is 4. The molecule has 1 amide bonds. The lowest BCUT2D eigenvalue weighted by atomic mass is 10.1. The number of aryl methyl sites for hydroxylation is 1. The van der Waals surface area contributed by atoms with Gasteiger partial charge in [0.15, 0.2) is 12.4 Å². The van der Waals surface area contributed by atoms with Crippen molar-refractivity contribution >= 4 is 28.3 Å². The zero-order valence-corrected chi connectivity index (χ0v) is 19.8. The Hall–Kier alpha value is -4.19. The minimum absolute atomic E-state index is 0.0195. The van der Waals surface area contributed by atoms with Gasteiger partial charge in [-0.2, -0.15) is 5.10 Å². The minimum Gasteiger partial charge on any atom is -0.484 e. The van der Waals surface area contributed by atoms with Crippen LogP contribution < -0.4 is 10.2 Å². The van der Waals surface area contributed by atoms with Crippen molar-refractivity contribution in [2.75, 3.05) is 6.61 Å². The molecular formula is C28H27N3O3. The van der Waals surface area contributed by atoms with Crippen LogP contribution in [0, 0.1) is 13.8 Å². The van der Waals surface area contributed by atoms with Crippen LogP contribution in [0.3, 0.4) is 0 Å². The van der Waals surface area contributed by atoms with Crippen LogP contribution in [0.5, 0.6) is 5.75 Å². The normalized spacial score (nSPS) is 11.5. The Kier molecular flexibility index (Phi) is 6.59. The molecule has 0 unspecified atom stereocenters. The zero-order valence-electron chi connectivity index (χ0n) is 19.8. The maximum atomic E-state index is 12.5. The van der Waals surface area contributed by atoms with Gasteiger partial charge in [0.05, 0.1) is 11.2 Å². The molecule has 6 nitrogen and oxygen atoms in total. The Balaban J connectivity index is 1.55. The lowest BCUT2D eigenvalue weighted by Crippen LogP contribution is -2.25. The van der Waals surface area contributed by atoms with E-state index in [1.807, 2.05) is 93.6 Å². The summed E-state index contributed by atoms with van der Waals surface area (Å²) in [7, 11) is 0. The highest BCUT2D eigenvalue weighted by molar-refractivity contribution is 6.09. The van der Waals surface area contributed by atoms with Crippen molar-refractivity contribution in [3.8, 4) is 11.4 Å². The predicted molar refractivity (Wildman–Crippen MR) is 135 cm³/mol. The molecule has 1 heterocycles. The SMILES string of the molecule is CC(=O)c1c(C)n(-c2ccc(C)cc2)c2ccc(OCC(=O)N/N=C(\C)c3ccccc3)cc12. The number of carbonyl (C=O) groups is 2. The molecule has 0 aliphatic rings. The predicted octanol–water partition coefficient (Wildman–Crippen LogP) is 5.37. The smallest absolute Gasteiger partial charge is 0.277 e. The van der Waals surface area contributed by atoms with Crippen LogP contribution >= 0.6 is 0 Å². The molecule has 0 saturated heterocycles. The summed E-state index contributed by atoms with van der Waals surface area (Å²) in [5.74, 6) is 0.125. The highest BCUT2D eigenvalue weighted by Gasteiger charge is 2.19. The quantitative estimate of drug-likeness (QED) is 0.232. The summed E-state index contributed by atoms with van der Waals surface area (Å²) in [5, 5.41) is 4.93. The molecule has 0 atom stereocenters. The number of ether oxygens (including phenoxy) is 1. The Bertz CT molecular complexity index is 1380. The van der Waals surface area contributed by atoms with Gasteiger partial charge >= 0.3 is 0 Å². The van der Waals surface area contributed by atoms with Gasteiger partial charge in [0.1, 0.15) is 5.75 Å². The van der Waals surface area contributed by atoms with Gasteiger partial charge in [0, 0.05) is 22.3 Å². The molecule has 0 fully saturated rings. The Morgan fingerprint density at radius 3 is 2.32 bits per heavy atom. The first-order chi connectivity index (χ1) is 16.3. The molecule has 0 bridgehead atoms. The number of benzene rings is 3. The summed E-state index contributed by atoms with van der Waals surface area (Å²) >= 11 is 0. The number of hydrazone groups is 1. The molecule has 3 aromatic carbocycles. The van der Waals surface area contributed by atoms with Gasteiger partial charge in [-0.1, -0.05) is 48.0 Å². The highest BCUT2D eigenvalue weighted by Crippen LogP contribution is 2.32. The molecule has 0 spiro atoms. The molecule has 0 aliphatic heterocycles. The van der Waals surface area contributed by atoms with Crippen LogP contribution in [0.2, 0.25) is 0 Å². The number of nitrogens with zero attached hydrogens (tertiary/aromatic N) is 2. The van der Waals surface area contributed by atoms with Gasteiger partial charge in [0.2, 0.25) is 0 Å². The van der Waals surface area contributed by atoms with Crippen molar-refractivity contribution in [2.24, 2.45) is 5.10 Å². The van der Waals surface area contributed by atoms with Crippen molar-refractivity contribution in [2.45, 2.75) is 27.7 Å². The number of amides is 1. The van der Waals surface area contributed by atoms with E-state index in [1.54, 1.807) is 6.92 Å². The van der Waals surface area contributed by atoms with E-state index in [-0.39, 0.29) is 18.3 Å². The summed E-state index contributed by atoms with van der Waals surface area (Å²) in [6.07, 6.45) is 0. The summed E-state index contributed by atoms with van der Waals surface area (Å²) in [6.45, 7) is 7.19. The molecule has 0 saturated carbocycles. The van der Waals surface area contributed by atoms with Crippen LogP contribution in [-0.2, 0) is 4.79 Å². The van der Waals surface area contributed by atoms with E-state index in [9.17, 15) is 9.59 Å². The minimum atomic E-state index is -0.365. The van der Waals surface area contributed by atoms with Gasteiger partial charge in [-0.3, -0.25) is 9.59 Å². The van der Waals surface area contributed by atoms with E-state index < -0.39 is 0 Å². The van der Waals surface area contributed by atoms with Crippen LogP contribution in [0.1, 0.15) is 41.0 Å². The van der Waals surface area contributed by atoms with Crippen LogP contribution in [0.25, 0.3) is 16.6 Å². The van der Waals surface area contributed by atoms with Crippen molar-refractivity contribution in [3.63, 3.8) is 0 Å². The van der Waals surface area contributed by atoms with Gasteiger partial charge < -0.3 is 9.30 Å². The highest BCUT2D eigenvalue weighted by atomic mass is 16.5. The van der Waals surface area contributed by atoms with Crippen molar-refractivity contribution in [1.82, 2.24) is 9.99 Å². The zero-order chi connectivity index (χ0) is 24.2. The summed E-state index contributed by atoms with van der Waals surface area (Å²) < 4.78 is 7.79. The fourth-order valence-corrected chi connectivity index (χ4v) is 4.03. The van der Waals surface area contributed by atoms with Crippen molar-refractivity contribution < 1.29 is 14.3 Å². The maximum absolute atomic E-state index is 12.5. The molecule has 0 radical (unpaired) electrons. The number of hydrogen-bond donors (Lipinski definition) is 1. The Morgan fingerprint density at radius 1 is 0.941 bits per heavy atom. The van der Waals surface area contributed by atoms with Crippen LogP contribution in [0.15, 0.2) is 77.9 Å². The number of Topliss-reactive ketones (excluding diaryl/α,β-unsaturated/α-hetero) is 1. The monoisotopic (exact) mass is 453 g/mol. The fourth-order valence-electron chi connectivity index (χ4n) is 4.03. The third kappa shape index (κ3) is 4.76. The third-order valence-corrected chi connectivity index (χ3v) is 5.73. The average molecular weight is 454 g/mol. The Labute approximate surface area is 198 Å². The number of ketones is 1. The van der Waals surface area contributed by atoms with E-state index in [0.717, 1.165) is 27.8 Å². The molecule has 0 aliphatic carbocycles. The number of rotatable bonds is 7. The number of carbonyl (C=O) groups excluding carboxylic acids is 2. The summed E-state index contributed by atoms with van der Waals surface area (Å²) in [4.78, 5) is 24.7. The van der Waals surface area contributed by atoms with Gasteiger partial charge in [-0.25, -0.2) is 5.43 Å². The van der Waals surface area contributed by atoms with Gasteiger partial charge in [-0.05, 0) is 63.6 Å². The molecular weight excluding hydrogens is 426 g/mol. The largest absolute Gasteiger partial charge is 0.484 e. The average Bonchev–Trinajstić information content (AvgIpc) is 3.13. The van der Waals surface area contributed by atoms with Crippen molar-refractivity contribution in [3.05, 3.63) is 95.2 Å². The summed E-state index contributed by atoms with van der Waals surface area (Å²) in [6, 6.07) is 23.3. The third-order valence-electron chi connectivity index (χ3n) is 5.73. The van der Waals surface area contributed by atoms with Crippen LogP contribution in [0.4, 0.5) is 0 Å². The van der Waals surface area contributed by atoms with E-state index in [2.05, 4.69) is 15.1 Å². The second kappa shape index (κ2) is 9.75. The molecule has 1 aromatic heterocycles. The second-order valence-electron chi connectivity index (χ2n) is 8.25.